The number of hydrogen-bond donors (Lipinski definition) is 1. The van der Waals surface area contributed by atoms with Crippen molar-refractivity contribution in [3.05, 3.63) is 76.7 Å². The fourth-order valence-electron chi connectivity index (χ4n) is 4.69. The molecule has 1 saturated heterocycles. The van der Waals surface area contributed by atoms with Crippen LogP contribution in [0.5, 0.6) is 0 Å². The predicted molar refractivity (Wildman–Crippen MR) is 97.9 cm³/mol. The fourth-order valence-corrected chi connectivity index (χ4v) is 4.69. The Bertz CT molecular complexity index is 963. The number of likely N-dealkylation sites (tertiary alicyclic amines) is 1. The van der Waals surface area contributed by atoms with E-state index in [2.05, 4.69) is 23.2 Å². The Morgan fingerprint density at radius 2 is 2.12 bits per heavy atom. The van der Waals surface area contributed by atoms with Crippen molar-refractivity contribution >= 4 is 0 Å². The first-order valence-electron chi connectivity index (χ1n) is 9.29. The van der Waals surface area contributed by atoms with Crippen molar-refractivity contribution in [1.29, 1.82) is 0 Å². The molecule has 5 heteroatoms. The molecular weight excluding hydrogens is 326 g/mol. The van der Waals surface area contributed by atoms with E-state index in [4.69, 9.17) is 4.42 Å². The van der Waals surface area contributed by atoms with Crippen molar-refractivity contribution < 1.29 is 9.32 Å². The lowest BCUT2D eigenvalue weighted by molar-refractivity contribution is -0.924. The Morgan fingerprint density at radius 3 is 2.92 bits per heavy atom. The minimum absolute atomic E-state index is 0.0836. The van der Waals surface area contributed by atoms with Gasteiger partial charge in [0.1, 0.15) is 12.3 Å². The van der Waals surface area contributed by atoms with Gasteiger partial charge >= 0.3 is 0 Å². The summed E-state index contributed by atoms with van der Waals surface area (Å²) in [6, 6.07) is 13.9. The van der Waals surface area contributed by atoms with E-state index in [1.54, 1.807) is 11.2 Å². The minimum Gasteiger partial charge on any atom is -0.464 e. The molecule has 0 spiro atoms. The van der Waals surface area contributed by atoms with E-state index in [1.165, 1.54) is 12.1 Å². The smallest absolute Gasteiger partial charge is 0.261 e. The quantitative estimate of drug-likeness (QED) is 0.784. The minimum atomic E-state index is 0.0836. The van der Waals surface area contributed by atoms with Crippen molar-refractivity contribution in [2.24, 2.45) is 5.92 Å². The first-order chi connectivity index (χ1) is 12.8. The second-order valence-electron chi connectivity index (χ2n) is 7.52. The Hall–Kier alpha value is -2.66. The average Bonchev–Trinajstić information content (AvgIpc) is 3.18. The average molecular weight is 348 g/mol. The maximum absolute atomic E-state index is 13.0. The molecule has 2 aliphatic heterocycles. The molecule has 2 aliphatic rings. The van der Waals surface area contributed by atoms with Gasteiger partial charge < -0.3 is 13.9 Å². The highest BCUT2D eigenvalue weighted by molar-refractivity contribution is 5.56. The third-order valence-electron chi connectivity index (χ3n) is 5.74. The van der Waals surface area contributed by atoms with Crippen LogP contribution in [0.4, 0.5) is 0 Å². The Morgan fingerprint density at radius 1 is 1.15 bits per heavy atom. The zero-order chi connectivity index (χ0) is 17.5. The third kappa shape index (κ3) is 2.69. The zero-order valence-corrected chi connectivity index (χ0v) is 14.6. The summed E-state index contributed by atoms with van der Waals surface area (Å²) >= 11 is 0. The van der Waals surface area contributed by atoms with Crippen molar-refractivity contribution in [1.82, 2.24) is 9.55 Å². The molecule has 0 amide bonds. The number of fused-ring (bicyclic) bond motifs is 4. The number of nitrogens with one attached hydrogen (secondary N) is 1. The van der Waals surface area contributed by atoms with Gasteiger partial charge in [-0.3, -0.25) is 9.78 Å². The fraction of sp³-hybridized carbons (Fsp3) is 0.333. The summed E-state index contributed by atoms with van der Waals surface area (Å²) in [7, 11) is 0. The van der Waals surface area contributed by atoms with Crippen LogP contribution in [-0.2, 0) is 13.1 Å². The maximum Gasteiger partial charge on any atom is 0.261 e. The van der Waals surface area contributed by atoms with Gasteiger partial charge in [0.25, 0.3) is 5.56 Å². The summed E-state index contributed by atoms with van der Waals surface area (Å²) in [4.78, 5) is 19.0. The van der Waals surface area contributed by atoms with Gasteiger partial charge in [-0.2, -0.15) is 0 Å². The van der Waals surface area contributed by atoms with Crippen LogP contribution in [0.1, 0.15) is 23.7 Å². The first kappa shape index (κ1) is 15.6. The molecule has 26 heavy (non-hydrogen) atoms. The third-order valence-corrected chi connectivity index (χ3v) is 5.74. The van der Waals surface area contributed by atoms with Crippen LogP contribution in [-0.4, -0.2) is 22.6 Å². The van der Waals surface area contributed by atoms with Gasteiger partial charge in [-0.15, -0.1) is 0 Å². The largest absolute Gasteiger partial charge is 0.464 e. The predicted octanol–water partition coefficient (Wildman–Crippen LogP) is 1.71. The van der Waals surface area contributed by atoms with Crippen LogP contribution in [0.2, 0.25) is 0 Å². The summed E-state index contributed by atoms with van der Waals surface area (Å²) in [5.74, 6) is 1.65. The molecule has 132 valence electrons. The summed E-state index contributed by atoms with van der Waals surface area (Å²) in [6.07, 6.45) is 4.67. The molecule has 5 nitrogen and oxygen atoms in total. The molecule has 3 aromatic rings. The van der Waals surface area contributed by atoms with Gasteiger partial charge in [-0.05, 0) is 42.8 Å². The van der Waals surface area contributed by atoms with Crippen molar-refractivity contribution in [2.45, 2.75) is 25.4 Å². The van der Waals surface area contributed by atoms with Crippen LogP contribution in [0.25, 0.3) is 11.3 Å². The van der Waals surface area contributed by atoms with E-state index >= 15 is 0 Å². The van der Waals surface area contributed by atoms with Crippen LogP contribution in [0.3, 0.4) is 0 Å². The lowest BCUT2D eigenvalue weighted by atomic mass is 9.83. The van der Waals surface area contributed by atoms with Gasteiger partial charge in [0, 0.05) is 30.3 Å². The molecular formula is C21H22N3O2+. The highest BCUT2D eigenvalue weighted by Gasteiger charge is 2.37. The molecule has 0 saturated carbocycles. The Labute approximate surface area is 151 Å². The summed E-state index contributed by atoms with van der Waals surface area (Å²) in [6.45, 7) is 3.93. The molecule has 3 aromatic heterocycles. The number of furan rings is 1. The maximum atomic E-state index is 13.0. The molecule has 5 heterocycles. The molecule has 0 aliphatic carbocycles. The Kier molecular flexibility index (Phi) is 3.75. The molecule has 1 N–H and O–H groups in total. The second kappa shape index (κ2) is 6.25. The van der Waals surface area contributed by atoms with Crippen LogP contribution in [0, 0.1) is 5.92 Å². The second-order valence-corrected chi connectivity index (χ2v) is 7.52. The van der Waals surface area contributed by atoms with Gasteiger partial charge in [-0.25, -0.2) is 0 Å². The van der Waals surface area contributed by atoms with Crippen LogP contribution < -0.4 is 10.5 Å². The highest BCUT2D eigenvalue weighted by atomic mass is 16.3. The monoisotopic (exact) mass is 348 g/mol. The summed E-state index contributed by atoms with van der Waals surface area (Å²) in [5.41, 5.74) is 3.07. The van der Waals surface area contributed by atoms with E-state index in [1.807, 2.05) is 35.0 Å². The summed E-state index contributed by atoms with van der Waals surface area (Å²) in [5, 5.41) is 0. The number of pyridine rings is 2. The van der Waals surface area contributed by atoms with Crippen molar-refractivity contribution in [3.63, 3.8) is 0 Å². The number of aromatic nitrogens is 2. The van der Waals surface area contributed by atoms with E-state index in [0.29, 0.717) is 23.2 Å². The van der Waals surface area contributed by atoms with E-state index in [9.17, 15) is 4.79 Å². The molecule has 0 aromatic carbocycles. The zero-order valence-electron chi connectivity index (χ0n) is 14.6. The lowest BCUT2D eigenvalue weighted by Crippen LogP contribution is -3.13. The van der Waals surface area contributed by atoms with Crippen LogP contribution >= 0.6 is 0 Å². The molecule has 5 rings (SSSR count). The molecule has 1 fully saturated rings. The van der Waals surface area contributed by atoms with Gasteiger partial charge in [0.15, 0.2) is 0 Å². The normalized spacial score (nSPS) is 24.2. The van der Waals surface area contributed by atoms with Gasteiger partial charge in [0.2, 0.25) is 0 Å². The SMILES string of the molecule is O=c1c(-c2ccco2)ccc2n1C[C@H]1C[C@@H]2C[NH+](Cc2ccccn2)C1. The molecule has 0 radical (unpaired) electrons. The van der Waals surface area contributed by atoms with E-state index in [-0.39, 0.29) is 5.56 Å². The number of piperidine rings is 1. The molecule has 1 unspecified atom stereocenters. The van der Waals surface area contributed by atoms with E-state index in [0.717, 1.165) is 31.9 Å². The first-order valence-corrected chi connectivity index (χ1v) is 9.29. The Balaban J connectivity index is 1.44. The van der Waals surface area contributed by atoms with Crippen molar-refractivity contribution in [3.8, 4) is 11.3 Å². The van der Waals surface area contributed by atoms with Gasteiger partial charge in [0.05, 0.1) is 30.6 Å². The number of nitrogens with zero attached hydrogens (tertiary/aromatic N) is 2. The van der Waals surface area contributed by atoms with Crippen LogP contribution in [0.15, 0.2) is 64.1 Å². The standard InChI is InChI=1S/C21H21N3O2/c25-21-18(20-5-3-9-26-20)6-7-19-16-10-15(12-24(19)21)11-23(13-16)14-17-4-1-2-8-22-17/h1-9,15-16H,10-14H2/p+1/t15-,16+/m0/s1. The van der Waals surface area contributed by atoms with Gasteiger partial charge in [-0.1, -0.05) is 6.07 Å². The number of hydrogen-bond acceptors (Lipinski definition) is 3. The molecule has 3 atom stereocenters. The lowest BCUT2D eigenvalue weighted by Gasteiger charge is -2.40. The number of rotatable bonds is 3. The van der Waals surface area contributed by atoms with E-state index < -0.39 is 0 Å². The topological polar surface area (TPSA) is 52.5 Å². The molecule has 2 bridgehead atoms. The van der Waals surface area contributed by atoms with Crippen molar-refractivity contribution in [2.75, 3.05) is 13.1 Å². The summed E-state index contributed by atoms with van der Waals surface area (Å²) < 4.78 is 7.44. The number of quaternary nitrogens is 1. The highest BCUT2D eigenvalue weighted by Crippen LogP contribution is 2.31.